The Morgan fingerprint density at radius 1 is 1.00 bits per heavy atom. The molecule has 0 saturated heterocycles. The lowest BCUT2D eigenvalue weighted by molar-refractivity contribution is -0.138. The number of carbonyl (C=O) groups is 1. The summed E-state index contributed by atoms with van der Waals surface area (Å²) in [6.07, 6.45) is 0.547. The Hall–Kier alpha value is -2.34. The van der Waals surface area contributed by atoms with Crippen molar-refractivity contribution in [3.8, 4) is 5.75 Å². The van der Waals surface area contributed by atoms with Gasteiger partial charge < -0.3 is 9.64 Å². The average Bonchev–Trinajstić information content (AvgIpc) is 2.61. The largest absolute Gasteiger partial charge is 0.481 e. The number of amides is 1. The van der Waals surface area contributed by atoms with Crippen LogP contribution in [0.4, 0.5) is 0 Å². The number of sulfone groups is 1. The number of ether oxygens (including phenoxy) is 1. The highest BCUT2D eigenvalue weighted by atomic mass is 32.2. The number of rotatable bonds is 6. The summed E-state index contributed by atoms with van der Waals surface area (Å²) in [6.45, 7) is 5.60. The Bertz CT molecular complexity index is 858. The van der Waals surface area contributed by atoms with Crippen molar-refractivity contribution in [2.45, 2.75) is 37.8 Å². The summed E-state index contributed by atoms with van der Waals surface area (Å²) in [4.78, 5) is 14.5. The van der Waals surface area contributed by atoms with Crippen LogP contribution in [0.5, 0.6) is 5.75 Å². The van der Waals surface area contributed by atoms with Crippen LogP contribution in [0, 0.1) is 6.92 Å². The van der Waals surface area contributed by atoms with Crippen LogP contribution in [0.2, 0.25) is 0 Å². The molecule has 0 aliphatic carbocycles. The van der Waals surface area contributed by atoms with Crippen LogP contribution in [0.3, 0.4) is 0 Å². The molecule has 0 saturated carbocycles. The third kappa shape index (κ3) is 4.85. The van der Waals surface area contributed by atoms with Crippen molar-refractivity contribution in [1.29, 1.82) is 0 Å². The van der Waals surface area contributed by atoms with Crippen molar-refractivity contribution in [1.82, 2.24) is 4.90 Å². The first-order valence-electron chi connectivity index (χ1n) is 8.39. The number of carbonyl (C=O) groups excluding carboxylic acids is 1. The molecule has 2 rings (SSSR count). The van der Waals surface area contributed by atoms with E-state index in [1.807, 2.05) is 38.1 Å². The van der Waals surface area contributed by atoms with Gasteiger partial charge in [0.05, 0.1) is 10.9 Å². The second kappa shape index (κ2) is 7.91. The Kier molecular flexibility index (Phi) is 6.08. The van der Waals surface area contributed by atoms with E-state index < -0.39 is 15.9 Å². The quantitative estimate of drug-likeness (QED) is 0.776. The van der Waals surface area contributed by atoms with E-state index in [2.05, 4.69) is 0 Å². The lowest BCUT2D eigenvalue weighted by Crippen LogP contribution is -2.39. The summed E-state index contributed by atoms with van der Waals surface area (Å²) in [5.74, 6) is 0.500. The van der Waals surface area contributed by atoms with Gasteiger partial charge in [-0.1, -0.05) is 29.8 Å². The van der Waals surface area contributed by atoms with E-state index in [9.17, 15) is 13.2 Å². The van der Waals surface area contributed by atoms with E-state index in [0.717, 1.165) is 11.1 Å². The molecule has 0 spiro atoms. The van der Waals surface area contributed by atoms with Gasteiger partial charge in [-0.25, -0.2) is 8.42 Å². The van der Waals surface area contributed by atoms with Crippen molar-refractivity contribution in [2.24, 2.45) is 0 Å². The van der Waals surface area contributed by atoms with E-state index in [0.29, 0.717) is 5.75 Å². The molecular formula is C20H25NO4S. The molecule has 1 amide bonds. The predicted octanol–water partition coefficient (Wildman–Crippen LogP) is 3.39. The SMILES string of the molecule is Cc1ccc(OC(C)C(=O)N(C)C(C)c2ccc(S(C)(=O)=O)cc2)cc1. The molecule has 0 aliphatic rings. The van der Waals surface area contributed by atoms with E-state index in [1.54, 1.807) is 43.1 Å². The maximum Gasteiger partial charge on any atom is 0.263 e. The van der Waals surface area contributed by atoms with Gasteiger partial charge in [0.2, 0.25) is 0 Å². The maximum absolute atomic E-state index is 12.7. The Balaban J connectivity index is 2.07. The highest BCUT2D eigenvalue weighted by Crippen LogP contribution is 2.22. The van der Waals surface area contributed by atoms with Gasteiger partial charge in [-0.3, -0.25) is 4.79 Å². The Morgan fingerprint density at radius 3 is 2.04 bits per heavy atom. The number of likely N-dealkylation sites (N-methyl/N-ethyl adjacent to an activating group) is 1. The number of nitrogens with zero attached hydrogens (tertiary/aromatic N) is 1. The third-order valence-corrected chi connectivity index (χ3v) is 5.53. The summed E-state index contributed by atoms with van der Waals surface area (Å²) >= 11 is 0. The van der Waals surface area contributed by atoms with Gasteiger partial charge >= 0.3 is 0 Å². The van der Waals surface area contributed by atoms with Gasteiger partial charge in [-0.2, -0.15) is 0 Å². The van der Waals surface area contributed by atoms with Crippen LogP contribution in [0.15, 0.2) is 53.4 Å². The molecule has 2 atom stereocenters. The van der Waals surface area contributed by atoms with Gasteiger partial charge in [0.15, 0.2) is 15.9 Å². The highest BCUT2D eigenvalue weighted by Gasteiger charge is 2.24. The second-order valence-electron chi connectivity index (χ2n) is 6.54. The van der Waals surface area contributed by atoms with Gasteiger partial charge in [-0.05, 0) is 50.6 Å². The topological polar surface area (TPSA) is 63.7 Å². The monoisotopic (exact) mass is 375 g/mol. The average molecular weight is 375 g/mol. The van der Waals surface area contributed by atoms with Gasteiger partial charge in [-0.15, -0.1) is 0 Å². The fourth-order valence-corrected chi connectivity index (χ4v) is 3.20. The summed E-state index contributed by atoms with van der Waals surface area (Å²) in [6, 6.07) is 13.9. The molecule has 0 aromatic heterocycles. The summed E-state index contributed by atoms with van der Waals surface area (Å²) in [7, 11) is -1.52. The third-order valence-electron chi connectivity index (χ3n) is 4.40. The lowest BCUT2D eigenvalue weighted by Gasteiger charge is -2.28. The van der Waals surface area contributed by atoms with Crippen molar-refractivity contribution in [3.05, 3.63) is 59.7 Å². The minimum atomic E-state index is -3.23. The second-order valence-corrected chi connectivity index (χ2v) is 8.56. The molecular weight excluding hydrogens is 350 g/mol. The molecule has 0 fully saturated rings. The Morgan fingerprint density at radius 2 is 1.54 bits per heavy atom. The van der Waals surface area contributed by atoms with E-state index in [-0.39, 0.29) is 16.8 Å². The smallest absolute Gasteiger partial charge is 0.263 e. The van der Waals surface area contributed by atoms with Crippen LogP contribution < -0.4 is 4.74 Å². The van der Waals surface area contributed by atoms with Gasteiger partial charge in [0.25, 0.3) is 5.91 Å². The van der Waals surface area contributed by atoms with Crippen LogP contribution in [0.25, 0.3) is 0 Å². The molecule has 0 heterocycles. The zero-order valence-electron chi connectivity index (χ0n) is 15.8. The van der Waals surface area contributed by atoms with Crippen molar-refractivity contribution < 1.29 is 17.9 Å². The van der Waals surface area contributed by atoms with Crippen LogP contribution in [-0.4, -0.2) is 38.6 Å². The molecule has 5 nitrogen and oxygen atoms in total. The molecule has 0 bridgehead atoms. The van der Waals surface area contributed by atoms with E-state index >= 15 is 0 Å². The number of aryl methyl sites for hydroxylation is 1. The molecule has 140 valence electrons. The predicted molar refractivity (Wildman–Crippen MR) is 102 cm³/mol. The molecule has 2 aromatic rings. The van der Waals surface area contributed by atoms with Crippen molar-refractivity contribution >= 4 is 15.7 Å². The van der Waals surface area contributed by atoms with Crippen LogP contribution >= 0.6 is 0 Å². The fraction of sp³-hybridized carbons (Fsp3) is 0.350. The molecule has 26 heavy (non-hydrogen) atoms. The number of benzene rings is 2. The zero-order valence-corrected chi connectivity index (χ0v) is 16.6. The van der Waals surface area contributed by atoms with E-state index in [4.69, 9.17) is 4.74 Å². The van der Waals surface area contributed by atoms with Crippen LogP contribution in [-0.2, 0) is 14.6 Å². The van der Waals surface area contributed by atoms with Gasteiger partial charge in [0.1, 0.15) is 5.75 Å². The van der Waals surface area contributed by atoms with Crippen molar-refractivity contribution in [3.63, 3.8) is 0 Å². The first-order chi connectivity index (χ1) is 12.1. The van der Waals surface area contributed by atoms with Crippen LogP contribution in [0.1, 0.15) is 31.0 Å². The molecule has 6 heteroatoms. The fourth-order valence-electron chi connectivity index (χ4n) is 2.57. The summed E-state index contributed by atoms with van der Waals surface area (Å²) < 4.78 is 28.8. The minimum absolute atomic E-state index is 0.148. The minimum Gasteiger partial charge on any atom is -0.481 e. The standard InChI is InChI=1S/C20H25NO4S/c1-14-6-10-18(11-7-14)25-16(3)20(22)21(4)15(2)17-8-12-19(13-9-17)26(5,23)24/h6-13,15-16H,1-5H3. The molecule has 0 radical (unpaired) electrons. The highest BCUT2D eigenvalue weighted by molar-refractivity contribution is 7.90. The first kappa shape index (κ1) is 20.0. The van der Waals surface area contributed by atoms with E-state index in [1.165, 1.54) is 6.26 Å². The zero-order chi connectivity index (χ0) is 19.5. The molecule has 2 aromatic carbocycles. The molecule has 0 aliphatic heterocycles. The summed E-state index contributed by atoms with van der Waals surface area (Å²) in [5.41, 5.74) is 1.98. The van der Waals surface area contributed by atoms with Gasteiger partial charge in [0, 0.05) is 13.3 Å². The lowest BCUT2D eigenvalue weighted by atomic mass is 10.1. The number of hydrogen-bond acceptors (Lipinski definition) is 4. The molecule has 2 unspecified atom stereocenters. The molecule has 0 N–H and O–H groups in total. The normalized spacial score (nSPS) is 13.7. The van der Waals surface area contributed by atoms with Crippen molar-refractivity contribution in [2.75, 3.05) is 13.3 Å². The maximum atomic E-state index is 12.7. The number of hydrogen-bond donors (Lipinski definition) is 0. The summed E-state index contributed by atoms with van der Waals surface area (Å²) in [5, 5.41) is 0. The first-order valence-corrected chi connectivity index (χ1v) is 10.3. The Labute approximate surface area is 155 Å².